The first kappa shape index (κ1) is 13.8. The number of hydrogen-bond donors (Lipinski definition) is 2. The zero-order valence-electron chi connectivity index (χ0n) is 10.8. The van der Waals surface area contributed by atoms with Gasteiger partial charge in [0.05, 0.1) is 23.4 Å². The Balaban J connectivity index is 2.51. The molecule has 1 aromatic carbocycles. The highest BCUT2D eigenvalue weighted by molar-refractivity contribution is 5.95. The maximum atomic E-state index is 11.2. The van der Waals surface area contributed by atoms with Crippen LogP contribution in [0.5, 0.6) is 0 Å². The van der Waals surface area contributed by atoms with Crippen molar-refractivity contribution in [3.8, 4) is 6.07 Å². The Hall–Kier alpha value is -2.65. The van der Waals surface area contributed by atoms with Gasteiger partial charge in [-0.15, -0.1) is 0 Å². The van der Waals surface area contributed by atoms with Crippen molar-refractivity contribution in [3.63, 3.8) is 0 Å². The van der Waals surface area contributed by atoms with E-state index < -0.39 is 12.0 Å². The van der Waals surface area contributed by atoms with Crippen molar-refractivity contribution < 1.29 is 14.6 Å². The molecular formula is C14H13N3O3. The Morgan fingerprint density at radius 3 is 2.95 bits per heavy atom. The number of hydrogen-bond acceptors (Lipinski definition) is 5. The smallest absolute Gasteiger partial charge is 0.328 e. The molecule has 1 atom stereocenters. The molecule has 1 aromatic heterocycles. The summed E-state index contributed by atoms with van der Waals surface area (Å²) in [7, 11) is 1.42. The van der Waals surface area contributed by atoms with E-state index in [-0.39, 0.29) is 6.61 Å². The highest BCUT2D eigenvalue weighted by Gasteiger charge is 2.20. The number of benzene rings is 1. The van der Waals surface area contributed by atoms with Gasteiger partial charge in [0.25, 0.3) is 0 Å². The topological polar surface area (TPSA) is 95.2 Å². The van der Waals surface area contributed by atoms with E-state index in [0.717, 1.165) is 0 Å². The number of carboxylic acid groups (broad SMARTS) is 1. The van der Waals surface area contributed by atoms with Gasteiger partial charge in [0.1, 0.15) is 12.1 Å². The summed E-state index contributed by atoms with van der Waals surface area (Å²) in [5.41, 5.74) is 1.45. The summed E-state index contributed by atoms with van der Waals surface area (Å²) in [6.45, 7) is -0.00312. The maximum Gasteiger partial charge on any atom is 0.328 e. The van der Waals surface area contributed by atoms with E-state index in [1.807, 2.05) is 18.2 Å². The van der Waals surface area contributed by atoms with Crippen molar-refractivity contribution in [2.24, 2.45) is 0 Å². The molecule has 0 aliphatic rings. The monoisotopic (exact) mass is 271 g/mol. The van der Waals surface area contributed by atoms with Gasteiger partial charge in [-0.3, -0.25) is 4.98 Å². The zero-order valence-corrected chi connectivity index (χ0v) is 10.8. The van der Waals surface area contributed by atoms with Crippen LogP contribution in [0.15, 0.2) is 30.5 Å². The fourth-order valence-electron chi connectivity index (χ4n) is 1.90. The van der Waals surface area contributed by atoms with Gasteiger partial charge in [0.2, 0.25) is 0 Å². The van der Waals surface area contributed by atoms with Crippen molar-refractivity contribution >= 4 is 22.6 Å². The minimum atomic E-state index is -1.04. The third-order valence-electron chi connectivity index (χ3n) is 2.85. The Bertz CT molecular complexity index is 679. The Kier molecular flexibility index (Phi) is 4.13. The molecular weight excluding hydrogens is 258 g/mol. The quantitative estimate of drug-likeness (QED) is 0.858. The number of ether oxygens (including phenoxy) is 1. The van der Waals surface area contributed by atoms with Gasteiger partial charge in [-0.2, -0.15) is 5.26 Å². The van der Waals surface area contributed by atoms with E-state index in [9.17, 15) is 4.79 Å². The van der Waals surface area contributed by atoms with Crippen molar-refractivity contribution in [2.45, 2.75) is 6.04 Å². The highest BCUT2D eigenvalue weighted by atomic mass is 16.5. The number of carbonyl (C=O) groups is 1. The number of fused-ring (bicyclic) bond motifs is 1. The average Bonchev–Trinajstić information content (AvgIpc) is 2.46. The molecule has 6 heteroatoms. The Morgan fingerprint density at radius 2 is 2.30 bits per heavy atom. The summed E-state index contributed by atoms with van der Waals surface area (Å²) < 4.78 is 4.88. The average molecular weight is 271 g/mol. The Labute approximate surface area is 115 Å². The van der Waals surface area contributed by atoms with Crippen LogP contribution in [-0.4, -0.2) is 35.8 Å². The van der Waals surface area contributed by atoms with E-state index in [1.54, 1.807) is 12.1 Å². The lowest BCUT2D eigenvalue weighted by Gasteiger charge is -2.17. The highest BCUT2D eigenvalue weighted by Crippen LogP contribution is 2.26. The summed E-state index contributed by atoms with van der Waals surface area (Å²) in [6.07, 6.45) is 1.43. The van der Waals surface area contributed by atoms with Gasteiger partial charge in [0.15, 0.2) is 0 Å². The second kappa shape index (κ2) is 5.99. The number of nitriles is 1. The van der Waals surface area contributed by atoms with E-state index in [4.69, 9.17) is 15.1 Å². The van der Waals surface area contributed by atoms with Crippen molar-refractivity contribution in [1.82, 2.24) is 4.98 Å². The summed E-state index contributed by atoms with van der Waals surface area (Å²) in [5, 5.41) is 21.9. The van der Waals surface area contributed by atoms with Gasteiger partial charge in [0, 0.05) is 18.7 Å². The van der Waals surface area contributed by atoms with Crippen LogP contribution in [0.3, 0.4) is 0 Å². The van der Waals surface area contributed by atoms with Crippen LogP contribution >= 0.6 is 0 Å². The second-order valence-corrected chi connectivity index (χ2v) is 4.17. The molecule has 0 saturated carbocycles. The molecule has 0 aliphatic heterocycles. The van der Waals surface area contributed by atoms with Gasteiger partial charge >= 0.3 is 5.97 Å². The predicted molar refractivity (Wildman–Crippen MR) is 73.4 cm³/mol. The molecule has 0 spiro atoms. The first-order valence-electron chi connectivity index (χ1n) is 5.93. The lowest BCUT2D eigenvalue weighted by atomic mass is 10.1. The van der Waals surface area contributed by atoms with Crippen molar-refractivity contribution in [3.05, 3.63) is 36.0 Å². The largest absolute Gasteiger partial charge is 0.480 e. The second-order valence-electron chi connectivity index (χ2n) is 4.17. The van der Waals surface area contributed by atoms with Crippen LogP contribution in [-0.2, 0) is 9.53 Å². The SMILES string of the molecule is COCC(Nc1c(C#N)cnc2ccccc12)C(=O)O. The summed E-state index contributed by atoms with van der Waals surface area (Å²) >= 11 is 0. The third kappa shape index (κ3) is 2.68. The number of nitrogens with zero attached hydrogens (tertiary/aromatic N) is 2. The number of pyridine rings is 1. The molecule has 0 radical (unpaired) electrons. The number of rotatable bonds is 5. The lowest BCUT2D eigenvalue weighted by molar-refractivity contribution is -0.139. The minimum absolute atomic E-state index is 0.00312. The molecule has 1 heterocycles. The van der Waals surface area contributed by atoms with Crippen molar-refractivity contribution in [2.75, 3.05) is 19.0 Å². The van der Waals surface area contributed by atoms with Gasteiger partial charge in [-0.1, -0.05) is 18.2 Å². The number of nitrogens with one attached hydrogen (secondary N) is 1. The van der Waals surface area contributed by atoms with Crippen LogP contribution in [0.1, 0.15) is 5.56 Å². The van der Waals surface area contributed by atoms with Crippen LogP contribution in [0, 0.1) is 11.3 Å². The molecule has 0 saturated heterocycles. The summed E-state index contributed by atoms with van der Waals surface area (Å²) in [6, 6.07) is 8.31. The van der Waals surface area contributed by atoms with Gasteiger partial charge in [-0.05, 0) is 6.07 Å². The maximum absolute atomic E-state index is 11.2. The lowest BCUT2D eigenvalue weighted by Crippen LogP contribution is -2.34. The number of carboxylic acids is 1. The normalized spacial score (nSPS) is 11.8. The number of aromatic nitrogens is 1. The zero-order chi connectivity index (χ0) is 14.5. The fourth-order valence-corrected chi connectivity index (χ4v) is 1.90. The van der Waals surface area contributed by atoms with Crippen LogP contribution in [0.2, 0.25) is 0 Å². The number of aliphatic carboxylic acids is 1. The van der Waals surface area contributed by atoms with Crippen molar-refractivity contribution in [1.29, 1.82) is 5.26 Å². The summed E-state index contributed by atoms with van der Waals surface area (Å²) in [4.78, 5) is 15.4. The standard InChI is InChI=1S/C14H13N3O3/c1-20-8-12(14(18)19)17-13-9(6-15)7-16-11-5-3-2-4-10(11)13/h2-5,7,12H,8H2,1H3,(H,16,17)(H,18,19). The molecule has 2 aromatic rings. The number of para-hydroxylation sites is 1. The molecule has 0 fully saturated rings. The van der Waals surface area contributed by atoms with Crippen LogP contribution < -0.4 is 5.32 Å². The molecule has 0 amide bonds. The third-order valence-corrected chi connectivity index (χ3v) is 2.85. The molecule has 2 N–H and O–H groups in total. The van der Waals surface area contributed by atoms with E-state index in [1.165, 1.54) is 13.3 Å². The first-order chi connectivity index (χ1) is 9.67. The van der Waals surface area contributed by atoms with E-state index in [2.05, 4.69) is 10.3 Å². The van der Waals surface area contributed by atoms with Crippen LogP contribution in [0.4, 0.5) is 5.69 Å². The van der Waals surface area contributed by atoms with Gasteiger partial charge < -0.3 is 15.2 Å². The van der Waals surface area contributed by atoms with Gasteiger partial charge in [-0.25, -0.2) is 4.79 Å². The Morgan fingerprint density at radius 1 is 1.55 bits per heavy atom. The first-order valence-corrected chi connectivity index (χ1v) is 5.93. The van der Waals surface area contributed by atoms with Crippen LogP contribution in [0.25, 0.3) is 10.9 Å². The molecule has 20 heavy (non-hydrogen) atoms. The summed E-state index contributed by atoms with van der Waals surface area (Å²) in [5.74, 6) is -1.04. The molecule has 2 rings (SSSR count). The number of methoxy groups -OCH3 is 1. The molecule has 102 valence electrons. The minimum Gasteiger partial charge on any atom is -0.480 e. The fraction of sp³-hybridized carbons (Fsp3) is 0.214. The molecule has 6 nitrogen and oxygen atoms in total. The number of anilines is 1. The molecule has 0 bridgehead atoms. The van der Waals surface area contributed by atoms with E-state index in [0.29, 0.717) is 22.2 Å². The molecule has 1 unspecified atom stereocenters. The molecule has 0 aliphatic carbocycles. The van der Waals surface area contributed by atoms with E-state index >= 15 is 0 Å². The predicted octanol–water partition coefficient (Wildman–Crippen LogP) is 1.62.